The van der Waals surface area contributed by atoms with Crippen LogP contribution in [0.2, 0.25) is 0 Å². The van der Waals surface area contributed by atoms with Crippen molar-refractivity contribution >= 4 is 5.91 Å². The van der Waals surface area contributed by atoms with Gasteiger partial charge < -0.3 is 14.1 Å². The van der Waals surface area contributed by atoms with Crippen molar-refractivity contribution in [1.29, 1.82) is 0 Å². The molecule has 1 spiro atoms. The molecule has 0 saturated carbocycles. The number of furan rings is 1. The number of rotatable bonds is 3. The van der Waals surface area contributed by atoms with E-state index in [1.54, 1.807) is 16.9 Å². The summed E-state index contributed by atoms with van der Waals surface area (Å²) in [5.74, 6) is 1.15. The van der Waals surface area contributed by atoms with Gasteiger partial charge in [0, 0.05) is 37.5 Å². The van der Waals surface area contributed by atoms with Crippen molar-refractivity contribution in [2.45, 2.75) is 25.8 Å². The van der Waals surface area contributed by atoms with E-state index in [2.05, 4.69) is 5.10 Å². The first-order valence-electron chi connectivity index (χ1n) is 8.17. The molecule has 1 atom stereocenters. The summed E-state index contributed by atoms with van der Waals surface area (Å²) in [7, 11) is 0. The molecule has 1 amide bonds. The van der Waals surface area contributed by atoms with E-state index >= 15 is 0 Å². The van der Waals surface area contributed by atoms with E-state index in [1.807, 2.05) is 23.2 Å². The lowest BCUT2D eigenvalue weighted by Gasteiger charge is -2.39. The van der Waals surface area contributed by atoms with Crippen molar-refractivity contribution in [2.75, 3.05) is 26.3 Å². The highest BCUT2D eigenvalue weighted by atomic mass is 16.5. The molecule has 2 saturated heterocycles. The van der Waals surface area contributed by atoms with E-state index in [1.165, 1.54) is 0 Å². The van der Waals surface area contributed by atoms with Gasteiger partial charge in [0.2, 0.25) is 0 Å². The maximum absolute atomic E-state index is 12.7. The Morgan fingerprint density at radius 3 is 3.09 bits per heavy atom. The van der Waals surface area contributed by atoms with Crippen LogP contribution in [0.3, 0.4) is 0 Å². The fourth-order valence-electron chi connectivity index (χ4n) is 3.64. The van der Waals surface area contributed by atoms with Gasteiger partial charge in [0.25, 0.3) is 5.91 Å². The van der Waals surface area contributed by atoms with E-state index in [0.717, 1.165) is 51.3 Å². The SMILES string of the molecule is O=C(c1ccc(Cn2cccn2)o1)N1CCC[C@]2(CCOC2)C1. The van der Waals surface area contributed by atoms with E-state index < -0.39 is 0 Å². The topological polar surface area (TPSA) is 60.5 Å². The molecule has 0 N–H and O–H groups in total. The number of carbonyl (C=O) groups is 1. The third-order valence-electron chi connectivity index (χ3n) is 4.88. The minimum Gasteiger partial charge on any atom is -0.454 e. The van der Waals surface area contributed by atoms with Gasteiger partial charge in [0.15, 0.2) is 5.76 Å². The number of nitrogens with zero attached hydrogens (tertiary/aromatic N) is 3. The van der Waals surface area contributed by atoms with Crippen molar-refractivity contribution in [3.05, 3.63) is 42.1 Å². The van der Waals surface area contributed by atoms with Gasteiger partial charge in [0.1, 0.15) is 5.76 Å². The molecule has 4 rings (SSSR count). The molecular weight excluding hydrogens is 294 g/mol. The molecule has 122 valence electrons. The number of ether oxygens (including phenoxy) is 1. The van der Waals surface area contributed by atoms with E-state index in [-0.39, 0.29) is 11.3 Å². The number of amides is 1. The summed E-state index contributed by atoms with van der Waals surface area (Å²) in [6, 6.07) is 5.49. The molecule has 2 aromatic heterocycles. The summed E-state index contributed by atoms with van der Waals surface area (Å²) in [6.45, 7) is 3.71. The Labute approximate surface area is 135 Å². The first-order valence-corrected chi connectivity index (χ1v) is 8.17. The molecule has 0 bridgehead atoms. The predicted octanol–water partition coefficient (Wildman–Crippen LogP) is 2.17. The third kappa shape index (κ3) is 2.91. The predicted molar refractivity (Wildman–Crippen MR) is 83.0 cm³/mol. The second-order valence-corrected chi connectivity index (χ2v) is 6.60. The molecule has 2 aliphatic heterocycles. The molecular formula is C17H21N3O3. The van der Waals surface area contributed by atoms with Crippen molar-refractivity contribution in [3.63, 3.8) is 0 Å². The molecule has 0 unspecified atom stereocenters. The Balaban J connectivity index is 1.45. The zero-order valence-corrected chi connectivity index (χ0v) is 13.1. The standard InChI is InChI=1S/C17H21N3O3/c21-16(19-8-1-5-17(12-19)6-10-22-13-17)15-4-3-14(23-15)11-20-9-2-7-18-20/h2-4,7,9H,1,5-6,8,10-13H2/t17-/m0/s1. The van der Waals surface area contributed by atoms with Gasteiger partial charge in [-0.15, -0.1) is 0 Å². The number of carbonyl (C=O) groups excluding carboxylic acids is 1. The monoisotopic (exact) mass is 315 g/mol. The number of hydrogen-bond donors (Lipinski definition) is 0. The minimum atomic E-state index is -0.0114. The van der Waals surface area contributed by atoms with Crippen LogP contribution in [-0.2, 0) is 11.3 Å². The third-order valence-corrected chi connectivity index (χ3v) is 4.88. The van der Waals surface area contributed by atoms with Crippen LogP contribution >= 0.6 is 0 Å². The summed E-state index contributed by atoms with van der Waals surface area (Å²) < 4.78 is 13.1. The Kier molecular flexibility index (Phi) is 3.69. The fourth-order valence-corrected chi connectivity index (χ4v) is 3.64. The first kappa shape index (κ1) is 14.5. The van der Waals surface area contributed by atoms with Gasteiger partial charge in [-0.05, 0) is 37.5 Å². The Hall–Kier alpha value is -2.08. The Morgan fingerprint density at radius 2 is 2.30 bits per heavy atom. The van der Waals surface area contributed by atoms with E-state index in [4.69, 9.17) is 9.15 Å². The quantitative estimate of drug-likeness (QED) is 0.871. The van der Waals surface area contributed by atoms with Crippen LogP contribution in [0.5, 0.6) is 0 Å². The van der Waals surface area contributed by atoms with Crippen LogP contribution in [0, 0.1) is 5.41 Å². The Bertz CT molecular complexity index is 671. The molecule has 6 nitrogen and oxygen atoms in total. The lowest BCUT2D eigenvalue weighted by molar-refractivity contribution is 0.0435. The highest BCUT2D eigenvalue weighted by molar-refractivity contribution is 5.91. The largest absolute Gasteiger partial charge is 0.454 e. The smallest absolute Gasteiger partial charge is 0.289 e. The van der Waals surface area contributed by atoms with Crippen LogP contribution in [0.15, 0.2) is 35.0 Å². The van der Waals surface area contributed by atoms with Crippen LogP contribution < -0.4 is 0 Å². The highest BCUT2D eigenvalue weighted by Gasteiger charge is 2.40. The molecule has 23 heavy (non-hydrogen) atoms. The maximum atomic E-state index is 12.7. The molecule has 2 aromatic rings. The molecule has 0 radical (unpaired) electrons. The number of hydrogen-bond acceptors (Lipinski definition) is 4. The lowest BCUT2D eigenvalue weighted by Crippen LogP contribution is -2.46. The average Bonchev–Trinajstić information content (AvgIpc) is 3.30. The zero-order valence-electron chi connectivity index (χ0n) is 13.1. The lowest BCUT2D eigenvalue weighted by atomic mass is 9.79. The molecule has 0 aromatic carbocycles. The van der Waals surface area contributed by atoms with Gasteiger partial charge in [-0.1, -0.05) is 0 Å². The molecule has 2 fully saturated rings. The van der Waals surface area contributed by atoms with Crippen LogP contribution in [0.1, 0.15) is 35.6 Å². The van der Waals surface area contributed by atoms with Crippen LogP contribution in [0.4, 0.5) is 0 Å². The van der Waals surface area contributed by atoms with Crippen molar-refractivity contribution < 1.29 is 13.9 Å². The maximum Gasteiger partial charge on any atom is 0.289 e. The first-order chi connectivity index (χ1) is 11.2. The number of aromatic nitrogens is 2. The molecule has 4 heterocycles. The normalized spacial score (nSPS) is 24.4. The molecule has 0 aliphatic carbocycles. The summed E-state index contributed by atoms with van der Waals surface area (Å²) in [4.78, 5) is 14.6. The van der Waals surface area contributed by atoms with E-state index in [0.29, 0.717) is 12.3 Å². The summed E-state index contributed by atoms with van der Waals surface area (Å²) in [5, 5.41) is 4.15. The fraction of sp³-hybridized carbons (Fsp3) is 0.529. The summed E-state index contributed by atoms with van der Waals surface area (Å²) in [5.41, 5.74) is 0.165. The van der Waals surface area contributed by atoms with Crippen LogP contribution in [-0.4, -0.2) is 46.9 Å². The van der Waals surface area contributed by atoms with Gasteiger partial charge in [-0.2, -0.15) is 5.10 Å². The second kappa shape index (κ2) is 5.85. The highest BCUT2D eigenvalue weighted by Crippen LogP contribution is 2.38. The van der Waals surface area contributed by atoms with Gasteiger partial charge in [-0.25, -0.2) is 0 Å². The number of likely N-dealkylation sites (tertiary alicyclic amines) is 1. The molecule has 2 aliphatic rings. The van der Waals surface area contributed by atoms with Crippen molar-refractivity contribution in [3.8, 4) is 0 Å². The molecule has 6 heteroatoms. The van der Waals surface area contributed by atoms with Gasteiger partial charge in [-0.3, -0.25) is 9.48 Å². The number of piperidine rings is 1. The summed E-state index contributed by atoms with van der Waals surface area (Å²) >= 11 is 0. The van der Waals surface area contributed by atoms with Gasteiger partial charge in [0.05, 0.1) is 13.2 Å². The van der Waals surface area contributed by atoms with Gasteiger partial charge >= 0.3 is 0 Å². The van der Waals surface area contributed by atoms with Crippen molar-refractivity contribution in [1.82, 2.24) is 14.7 Å². The van der Waals surface area contributed by atoms with E-state index in [9.17, 15) is 4.79 Å². The zero-order chi connectivity index (χ0) is 15.7. The minimum absolute atomic E-state index is 0.0114. The average molecular weight is 315 g/mol. The Morgan fingerprint density at radius 1 is 1.35 bits per heavy atom. The van der Waals surface area contributed by atoms with Crippen molar-refractivity contribution in [2.24, 2.45) is 5.41 Å². The summed E-state index contributed by atoms with van der Waals surface area (Å²) in [6.07, 6.45) is 6.85. The van der Waals surface area contributed by atoms with Crippen LogP contribution in [0.25, 0.3) is 0 Å². The second-order valence-electron chi connectivity index (χ2n) is 6.60.